The van der Waals surface area contributed by atoms with Gasteiger partial charge in [0.15, 0.2) is 0 Å². The summed E-state index contributed by atoms with van der Waals surface area (Å²) in [6, 6.07) is 13.7. The second-order valence-electron chi connectivity index (χ2n) is 3.79. The number of nitrogens with zero attached hydrogens (tertiary/aromatic N) is 2. The first-order valence-corrected chi connectivity index (χ1v) is 5.31. The SMILES string of the molecule is N#Cc1cccc(-c2ccnc3[nH]ccc23)c1. The van der Waals surface area contributed by atoms with E-state index in [0.29, 0.717) is 5.56 Å². The Hall–Kier alpha value is -2.60. The van der Waals surface area contributed by atoms with Crippen LogP contribution in [0.1, 0.15) is 5.56 Å². The number of aromatic amines is 1. The van der Waals surface area contributed by atoms with Crippen molar-refractivity contribution in [1.29, 1.82) is 5.26 Å². The van der Waals surface area contributed by atoms with E-state index in [0.717, 1.165) is 22.2 Å². The van der Waals surface area contributed by atoms with Gasteiger partial charge in [-0.15, -0.1) is 0 Å². The van der Waals surface area contributed by atoms with Crippen molar-refractivity contribution in [2.24, 2.45) is 0 Å². The topological polar surface area (TPSA) is 52.5 Å². The summed E-state index contributed by atoms with van der Waals surface area (Å²) >= 11 is 0. The minimum atomic E-state index is 0.669. The summed E-state index contributed by atoms with van der Waals surface area (Å²) in [4.78, 5) is 7.33. The molecule has 3 nitrogen and oxygen atoms in total. The molecule has 0 saturated carbocycles. The third kappa shape index (κ3) is 1.56. The molecule has 0 bridgehead atoms. The monoisotopic (exact) mass is 219 g/mol. The Kier molecular flexibility index (Phi) is 2.13. The van der Waals surface area contributed by atoms with Crippen LogP contribution in [0.3, 0.4) is 0 Å². The molecule has 2 aromatic heterocycles. The van der Waals surface area contributed by atoms with Gasteiger partial charge >= 0.3 is 0 Å². The minimum Gasteiger partial charge on any atom is -0.346 e. The number of benzene rings is 1. The summed E-state index contributed by atoms with van der Waals surface area (Å²) in [6.45, 7) is 0. The third-order valence-electron chi connectivity index (χ3n) is 2.76. The first-order valence-electron chi connectivity index (χ1n) is 5.31. The number of rotatable bonds is 1. The molecule has 0 amide bonds. The third-order valence-corrected chi connectivity index (χ3v) is 2.76. The van der Waals surface area contributed by atoms with Crippen LogP contribution >= 0.6 is 0 Å². The van der Waals surface area contributed by atoms with E-state index in [1.807, 2.05) is 36.5 Å². The Morgan fingerprint density at radius 3 is 3.00 bits per heavy atom. The van der Waals surface area contributed by atoms with Gasteiger partial charge in [0.1, 0.15) is 5.65 Å². The minimum absolute atomic E-state index is 0.669. The molecule has 0 aliphatic rings. The van der Waals surface area contributed by atoms with Crippen LogP contribution in [-0.2, 0) is 0 Å². The smallest absolute Gasteiger partial charge is 0.137 e. The molecule has 0 spiro atoms. The largest absolute Gasteiger partial charge is 0.346 e. The van der Waals surface area contributed by atoms with Crippen LogP contribution in [0, 0.1) is 11.3 Å². The van der Waals surface area contributed by atoms with Gasteiger partial charge < -0.3 is 4.98 Å². The lowest BCUT2D eigenvalue weighted by Crippen LogP contribution is -1.83. The van der Waals surface area contributed by atoms with Gasteiger partial charge in [-0.2, -0.15) is 5.26 Å². The summed E-state index contributed by atoms with van der Waals surface area (Å²) < 4.78 is 0. The Balaban J connectivity index is 2.27. The highest BCUT2D eigenvalue weighted by molar-refractivity contribution is 5.92. The zero-order chi connectivity index (χ0) is 11.7. The first kappa shape index (κ1) is 9.61. The van der Waals surface area contributed by atoms with E-state index in [-0.39, 0.29) is 0 Å². The van der Waals surface area contributed by atoms with Gasteiger partial charge in [0, 0.05) is 17.8 Å². The van der Waals surface area contributed by atoms with Crippen molar-refractivity contribution in [2.45, 2.75) is 0 Å². The van der Waals surface area contributed by atoms with Gasteiger partial charge in [0.05, 0.1) is 11.6 Å². The van der Waals surface area contributed by atoms with E-state index in [2.05, 4.69) is 16.0 Å². The number of H-pyrrole nitrogens is 1. The molecular weight excluding hydrogens is 210 g/mol. The van der Waals surface area contributed by atoms with Gasteiger partial charge in [0.25, 0.3) is 0 Å². The Morgan fingerprint density at radius 2 is 2.12 bits per heavy atom. The van der Waals surface area contributed by atoms with Crippen LogP contribution in [-0.4, -0.2) is 9.97 Å². The van der Waals surface area contributed by atoms with E-state index < -0.39 is 0 Å². The molecule has 0 radical (unpaired) electrons. The number of nitrogens with one attached hydrogen (secondary N) is 1. The second kappa shape index (κ2) is 3.76. The molecular formula is C14H9N3. The molecule has 0 saturated heterocycles. The summed E-state index contributed by atoms with van der Waals surface area (Å²) in [5, 5.41) is 9.99. The van der Waals surface area contributed by atoms with Crippen LogP contribution < -0.4 is 0 Å². The lowest BCUT2D eigenvalue weighted by atomic mass is 10.0. The van der Waals surface area contributed by atoms with Gasteiger partial charge in [0.2, 0.25) is 0 Å². The standard InChI is InChI=1S/C14H9N3/c15-9-10-2-1-3-11(8-10)12-4-6-16-14-13(12)5-7-17-14/h1-8H,(H,16,17). The fourth-order valence-electron chi connectivity index (χ4n) is 1.97. The Bertz CT molecular complexity index is 719. The molecule has 3 aromatic rings. The summed E-state index contributed by atoms with van der Waals surface area (Å²) in [5.41, 5.74) is 3.66. The molecule has 3 heteroatoms. The molecule has 2 heterocycles. The zero-order valence-corrected chi connectivity index (χ0v) is 9.01. The first-order chi connectivity index (χ1) is 8.38. The van der Waals surface area contributed by atoms with Gasteiger partial charge in [-0.25, -0.2) is 4.98 Å². The van der Waals surface area contributed by atoms with Crippen molar-refractivity contribution in [1.82, 2.24) is 9.97 Å². The second-order valence-corrected chi connectivity index (χ2v) is 3.79. The average molecular weight is 219 g/mol. The number of hydrogen-bond acceptors (Lipinski definition) is 2. The molecule has 1 aromatic carbocycles. The normalized spacial score (nSPS) is 10.3. The lowest BCUT2D eigenvalue weighted by Gasteiger charge is -2.03. The van der Waals surface area contributed by atoms with Gasteiger partial charge in [-0.3, -0.25) is 0 Å². The van der Waals surface area contributed by atoms with Crippen molar-refractivity contribution in [2.75, 3.05) is 0 Å². The van der Waals surface area contributed by atoms with Gasteiger partial charge in [-0.1, -0.05) is 12.1 Å². The van der Waals surface area contributed by atoms with Crippen LogP contribution in [0.15, 0.2) is 48.8 Å². The van der Waals surface area contributed by atoms with Crippen LogP contribution in [0.2, 0.25) is 0 Å². The molecule has 0 aliphatic carbocycles. The zero-order valence-electron chi connectivity index (χ0n) is 9.01. The van der Waals surface area contributed by atoms with E-state index in [4.69, 9.17) is 5.26 Å². The molecule has 0 aliphatic heterocycles. The van der Waals surface area contributed by atoms with Gasteiger partial charge in [-0.05, 0) is 35.4 Å². The predicted octanol–water partition coefficient (Wildman–Crippen LogP) is 3.10. The molecule has 1 N–H and O–H groups in total. The highest BCUT2D eigenvalue weighted by Gasteiger charge is 2.05. The maximum atomic E-state index is 8.91. The molecule has 0 unspecified atom stereocenters. The number of nitriles is 1. The highest BCUT2D eigenvalue weighted by atomic mass is 14.8. The van der Waals surface area contributed by atoms with Crippen LogP contribution in [0.5, 0.6) is 0 Å². The van der Waals surface area contributed by atoms with Crippen molar-refractivity contribution in [3.63, 3.8) is 0 Å². The van der Waals surface area contributed by atoms with E-state index >= 15 is 0 Å². The Morgan fingerprint density at radius 1 is 1.18 bits per heavy atom. The number of fused-ring (bicyclic) bond motifs is 1. The van der Waals surface area contributed by atoms with Crippen molar-refractivity contribution in [3.8, 4) is 17.2 Å². The maximum Gasteiger partial charge on any atom is 0.137 e. The van der Waals surface area contributed by atoms with Crippen LogP contribution in [0.25, 0.3) is 22.2 Å². The molecule has 80 valence electrons. The van der Waals surface area contributed by atoms with E-state index in [9.17, 15) is 0 Å². The molecule has 0 atom stereocenters. The Labute approximate surface area is 98.4 Å². The lowest BCUT2D eigenvalue weighted by molar-refractivity contribution is 1.33. The fourth-order valence-corrected chi connectivity index (χ4v) is 1.97. The number of pyridine rings is 1. The number of hydrogen-bond donors (Lipinski definition) is 1. The fraction of sp³-hybridized carbons (Fsp3) is 0. The molecule has 0 fully saturated rings. The van der Waals surface area contributed by atoms with Crippen molar-refractivity contribution in [3.05, 3.63) is 54.4 Å². The van der Waals surface area contributed by atoms with Crippen molar-refractivity contribution < 1.29 is 0 Å². The molecule has 17 heavy (non-hydrogen) atoms. The predicted molar refractivity (Wildman–Crippen MR) is 66.2 cm³/mol. The maximum absolute atomic E-state index is 8.91. The van der Waals surface area contributed by atoms with E-state index in [1.54, 1.807) is 12.3 Å². The van der Waals surface area contributed by atoms with Crippen molar-refractivity contribution >= 4 is 11.0 Å². The number of aromatic nitrogens is 2. The van der Waals surface area contributed by atoms with Crippen LogP contribution in [0.4, 0.5) is 0 Å². The summed E-state index contributed by atoms with van der Waals surface area (Å²) in [6.07, 6.45) is 3.64. The summed E-state index contributed by atoms with van der Waals surface area (Å²) in [7, 11) is 0. The average Bonchev–Trinajstić information content (AvgIpc) is 2.87. The quantitative estimate of drug-likeness (QED) is 0.683. The van der Waals surface area contributed by atoms with E-state index in [1.165, 1.54) is 0 Å². The summed E-state index contributed by atoms with van der Waals surface area (Å²) in [5.74, 6) is 0. The highest BCUT2D eigenvalue weighted by Crippen LogP contribution is 2.27. The molecule has 3 rings (SSSR count).